The molecule has 1 aromatic carbocycles. The zero-order chi connectivity index (χ0) is 15.4. The van der Waals surface area contributed by atoms with Crippen molar-refractivity contribution in [1.29, 1.82) is 0 Å². The Bertz CT molecular complexity index is 513. The summed E-state index contributed by atoms with van der Waals surface area (Å²) in [4.78, 5) is 26.2. The maximum atomic E-state index is 12.9. The van der Waals surface area contributed by atoms with Gasteiger partial charge in [-0.1, -0.05) is 0 Å². The van der Waals surface area contributed by atoms with E-state index < -0.39 is 12.0 Å². The lowest BCUT2D eigenvalue weighted by Gasteiger charge is -2.36. The van der Waals surface area contributed by atoms with Gasteiger partial charge < -0.3 is 20.2 Å². The molecule has 114 valence electrons. The van der Waals surface area contributed by atoms with E-state index in [-0.39, 0.29) is 11.8 Å². The fourth-order valence-corrected chi connectivity index (χ4v) is 2.16. The Labute approximate surface area is 122 Å². The molecule has 7 heteroatoms. The highest BCUT2D eigenvalue weighted by Gasteiger charge is 2.23. The molecule has 1 heterocycles. The minimum atomic E-state index is -1.06. The van der Waals surface area contributed by atoms with Gasteiger partial charge in [-0.15, -0.1) is 0 Å². The quantitative estimate of drug-likeness (QED) is 0.877. The smallest absolute Gasteiger partial charge is 0.325 e. The van der Waals surface area contributed by atoms with Gasteiger partial charge in [-0.2, -0.15) is 0 Å². The number of benzene rings is 1. The van der Waals surface area contributed by atoms with Gasteiger partial charge in [-0.25, -0.2) is 9.18 Å². The van der Waals surface area contributed by atoms with Gasteiger partial charge in [0.1, 0.15) is 11.9 Å². The maximum absolute atomic E-state index is 12.9. The van der Waals surface area contributed by atoms with Gasteiger partial charge in [0.25, 0.3) is 0 Å². The standard InChI is InChI=1S/C14H18FN3O3/c1-10(13(19)20)16-14(21)18-8-6-17(7-9-18)12-4-2-11(15)3-5-12/h2-5,10H,6-9H2,1H3,(H,16,21)(H,19,20)/t10-/m0/s1. The topological polar surface area (TPSA) is 72.9 Å². The molecule has 1 atom stereocenters. The first-order valence-electron chi connectivity index (χ1n) is 6.76. The lowest BCUT2D eigenvalue weighted by molar-refractivity contribution is -0.138. The fourth-order valence-electron chi connectivity index (χ4n) is 2.16. The third-order valence-corrected chi connectivity index (χ3v) is 3.47. The second-order valence-electron chi connectivity index (χ2n) is 4.96. The number of rotatable bonds is 3. The van der Waals surface area contributed by atoms with E-state index in [9.17, 15) is 14.0 Å². The van der Waals surface area contributed by atoms with E-state index in [1.807, 2.05) is 0 Å². The molecule has 0 saturated carbocycles. The second kappa shape index (κ2) is 6.43. The molecule has 21 heavy (non-hydrogen) atoms. The number of carbonyl (C=O) groups is 2. The number of hydrogen-bond acceptors (Lipinski definition) is 3. The van der Waals surface area contributed by atoms with Crippen LogP contribution in [-0.2, 0) is 4.79 Å². The molecule has 0 aromatic heterocycles. The minimum absolute atomic E-state index is 0.278. The van der Waals surface area contributed by atoms with Gasteiger partial charge in [0, 0.05) is 31.9 Å². The fraction of sp³-hybridized carbons (Fsp3) is 0.429. The molecule has 0 aliphatic carbocycles. The lowest BCUT2D eigenvalue weighted by atomic mass is 10.2. The SMILES string of the molecule is C[C@H](NC(=O)N1CCN(c2ccc(F)cc2)CC1)C(=O)O. The second-order valence-corrected chi connectivity index (χ2v) is 4.96. The summed E-state index contributed by atoms with van der Waals surface area (Å²) in [5.74, 6) is -1.34. The maximum Gasteiger partial charge on any atom is 0.325 e. The molecule has 1 fully saturated rings. The van der Waals surface area contributed by atoms with Gasteiger partial charge in [0.2, 0.25) is 0 Å². The first-order chi connectivity index (χ1) is 9.97. The van der Waals surface area contributed by atoms with Crippen molar-refractivity contribution in [1.82, 2.24) is 10.2 Å². The number of amides is 2. The third-order valence-electron chi connectivity index (χ3n) is 3.47. The number of anilines is 1. The van der Waals surface area contributed by atoms with Crippen LogP contribution >= 0.6 is 0 Å². The summed E-state index contributed by atoms with van der Waals surface area (Å²) in [6, 6.07) is 4.94. The van der Waals surface area contributed by atoms with E-state index in [1.54, 1.807) is 17.0 Å². The normalized spacial score (nSPS) is 16.5. The monoisotopic (exact) mass is 295 g/mol. The van der Waals surface area contributed by atoms with Crippen molar-refractivity contribution in [2.75, 3.05) is 31.1 Å². The van der Waals surface area contributed by atoms with E-state index in [4.69, 9.17) is 5.11 Å². The van der Waals surface area contributed by atoms with Gasteiger partial charge in [-0.05, 0) is 31.2 Å². The Morgan fingerprint density at radius 3 is 2.29 bits per heavy atom. The van der Waals surface area contributed by atoms with Crippen LogP contribution in [0, 0.1) is 5.82 Å². The van der Waals surface area contributed by atoms with Crippen LogP contribution in [-0.4, -0.2) is 54.2 Å². The Kier molecular flexibility index (Phi) is 4.62. The molecule has 0 spiro atoms. The first-order valence-corrected chi connectivity index (χ1v) is 6.76. The van der Waals surface area contributed by atoms with Crippen molar-refractivity contribution in [2.24, 2.45) is 0 Å². The van der Waals surface area contributed by atoms with Crippen molar-refractivity contribution >= 4 is 17.7 Å². The van der Waals surface area contributed by atoms with Crippen LogP contribution in [0.3, 0.4) is 0 Å². The number of nitrogens with zero attached hydrogens (tertiary/aromatic N) is 2. The molecule has 1 aromatic rings. The number of nitrogens with one attached hydrogen (secondary N) is 1. The van der Waals surface area contributed by atoms with Gasteiger partial charge in [-0.3, -0.25) is 4.79 Å². The minimum Gasteiger partial charge on any atom is -0.480 e. The first kappa shape index (κ1) is 15.1. The van der Waals surface area contributed by atoms with Gasteiger partial charge in [0.05, 0.1) is 0 Å². The number of piperazine rings is 1. The van der Waals surface area contributed by atoms with Gasteiger partial charge in [0.15, 0.2) is 0 Å². The number of carboxylic acid groups (broad SMARTS) is 1. The number of carbonyl (C=O) groups excluding carboxylic acids is 1. The Hall–Kier alpha value is -2.31. The molecule has 6 nitrogen and oxygen atoms in total. The molecule has 0 unspecified atom stereocenters. The lowest BCUT2D eigenvalue weighted by Crippen LogP contribution is -2.54. The zero-order valence-electron chi connectivity index (χ0n) is 11.8. The molecule has 2 rings (SSSR count). The molecule has 2 N–H and O–H groups in total. The van der Waals surface area contributed by atoms with E-state index in [0.29, 0.717) is 26.2 Å². The highest BCUT2D eigenvalue weighted by molar-refractivity contribution is 5.82. The molecule has 1 saturated heterocycles. The summed E-state index contributed by atoms with van der Waals surface area (Å²) in [6.45, 7) is 3.67. The van der Waals surface area contributed by atoms with Crippen LogP contribution in [0.4, 0.5) is 14.9 Å². The van der Waals surface area contributed by atoms with Crippen molar-refractivity contribution in [3.8, 4) is 0 Å². The predicted octanol–water partition coefficient (Wildman–Crippen LogP) is 1.13. The molecule has 1 aliphatic rings. The summed E-state index contributed by atoms with van der Waals surface area (Å²) in [5, 5.41) is 11.2. The summed E-state index contributed by atoms with van der Waals surface area (Å²) in [7, 11) is 0. The van der Waals surface area contributed by atoms with Crippen molar-refractivity contribution in [2.45, 2.75) is 13.0 Å². The Morgan fingerprint density at radius 1 is 1.19 bits per heavy atom. The third kappa shape index (κ3) is 3.84. The van der Waals surface area contributed by atoms with E-state index in [1.165, 1.54) is 19.1 Å². The summed E-state index contributed by atoms with van der Waals surface area (Å²) < 4.78 is 12.9. The molecule has 0 radical (unpaired) electrons. The van der Waals surface area contributed by atoms with Crippen LogP contribution < -0.4 is 10.2 Å². The van der Waals surface area contributed by atoms with Crippen molar-refractivity contribution < 1.29 is 19.1 Å². The molecule has 0 bridgehead atoms. The summed E-state index contributed by atoms with van der Waals surface area (Å²) >= 11 is 0. The zero-order valence-corrected chi connectivity index (χ0v) is 11.8. The number of aliphatic carboxylic acids is 1. The predicted molar refractivity (Wildman–Crippen MR) is 75.8 cm³/mol. The summed E-state index contributed by atoms with van der Waals surface area (Å²) in [6.07, 6.45) is 0. The van der Waals surface area contributed by atoms with Crippen LogP contribution in [0.25, 0.3) is 0 Å². The summed E-state index contributed by atoms with van der Waals surface area (Å²) in [5.41, 5.74) is 0.912. The largest absolute Gasteiger partial charge is 0.480 e. The van der Waals surface area contributed by atoms with Crippen molar-refractivity contribution in [3.05, 3.63) is 30.1 Å². The highest BCUT2D eigenvalue weighted by Crippen LogP contribution is 2.16. The molecular weight excluding hydrogens is 277 g/mol. The molecule has 2 amide bonds. The van der Waals surface area contributed by atoms with Crippen molar-refractivity contribution in [3.63, 3.8) is 0 Å². The average molecular weight is 295 g/mol. The number of halogens is 1. The Balaban J connectivity index is 1.86. The van der Waals surface area contributed by atoms with Crippen LogP contribution in [0.15, 0.2) is 24.3 Å². The van der Waals surface area contributed by atoms with Crippen LogP contribution in [0.2, 0.25) is 0 Å². The van der Waals surface area contributed by atoms with E-state index in [2.05, 4.69) is 10.2 Å². The number of urea groups is 1. The molecular formula is C14H18FN3O3. The average Bonchev–Trinajstić information content (AvgIpc) is 2.48. The Morgan fingerprint density at radius 2 is 1.76 bits per heavy atom. The highest BCUT2D eigenvalue weighted by atomic mass is 19.1. The number of hydrogen-bond donors (Lipinski definition) is 2. The van der Waals surface area contributed by atoms with Crippen LogP contribution in [0.5, 0.6) is 0 Å². The number of carboxylic acids is 1. The van der Waals surface area contributed by atoms with E-state index in [0.717, 1.165) is 5.69 Å². The molecule has 1 aliphatic heterocycles. The van der Waals surface area contributed by atoms with E-state index >= 15 is 0 Å². The van der Waals surface area contributed by atoms with Crippen LogP contribution in [0.1, 0.15) is 6.92 Å². The van der Waals surface area contributed by atoms with Gasteiger partial charge >= 0.3 is 12.0 Å².